The monoisotopic (exact) mass is 337 g/mol. The number of para-hydroxylation sites is 1. The van der Waals surface area contributed by atoms with Crippen molar-refractivity contribution < 1.29 is 9.53 Å². The van der Waals surface area contributed by atoms with Crippen LogP contribution < -0.4 is 15.4 Å². The molecule has 3 aromatic rings. The first-order chi connectivity index (χ1) is 12.2. The average molecular weight is 337 g/mol. The lowest BCUT2D eigenvalue weighted by molar-refractivity contribution is 0.249. The van der Waals surface area contributed by atoms with E-state index in [4.69, 9.17) is 4.74 Å². The van der Waals surface area contributed by atoms with Gasteiger partial charge in [-0.15, -0.1) is 0 Å². The zero-order valence-corrected chi connectivity index (χ0v) is 14.0. The molecule has 25 heavy (non-hydrogen) atoms. The van der Waals surface area contributed by atoms with Crippen LogP contribution in [0.2, 0.25) is 0 Å². The second kappa shape index (κ2) is 7.48. The van der Waals surface area contributed by atoms with Crippen molar-refractivity contribution in [3.05, 3.63) is 72.6 Å². The summed E-state index contributed by atoms with van der Waals surface area (Å²) >= 11 is 0. The van der Waals surface area contributed by atoms with E-state index in [1.165, 1.54) is 0 Å². The van der Waals surface area contributed by atoms with Crippen molar-refractivity contribution in [2.75, 3.05) is 12.4 Å². The summed E-state index contributed by atoms with van der Waals surface area (Å²) in [4.78, 5) is 20.8. The predicted octanol–water partition coefficient (Wildman–Crippen LogP) is 2.73. The molecule has 0 spiro atoms. The molecule has 0 unspecified atom stereocenters. The highest BCUT2D eigenvalue weighted by Crippen LogP contribution is 2.29. The number of urea groups is 1. The van der Waals surface area contributed by atoms with Crippen LogP contribution in [0.1, 0.15) is 17.4 Å². The summed E-state index contributed by atoms with van der Waals surface area (Å²) in [5.74, 6) is 1.38. The number of hydrogen-bond acceptors (Lipinski definition) is 4. The van der Waals surface area contributed by atoms with Crippen LogP contribution in [0.3, 0.4) is 0 Å². The van der Waals surface area contributed by atoms with E-state index in [-0.39, 0.29) is 6.03 Å². The Morgan fingerprint density at radius 3 is 2.72 bits per heavy atom. The van der Waals surface area contributed by atoms with Gasteiger partial charge < -0.3 is 19.9 Å². The first-order valence-corrected chi connectivity index (χ1v) is 7.76. The summed E-state index contributed by atoms with van der Waals surface area (Å²) in [6, 6.07) is 10.2. The summed E-state index contributed by atoms with van der Waals surface area (Å²) in [6.07, 6.45) is 6.75. The molecule has 0 radical (unpaired) electrons. The van der Waals surface area contributed by atoms with E-state index in [9.17, 15) is 4.79 Å². The Morgan fingerprint density at radius 1 is 1.20 bits per heavy atom. The topological polar surface area (TPSA) is 81.1 Å². The number of pyridine rings is 1. The fourth-order valence-electron chi connectivity index (χ4n) is 2.58. The molecule has 0 aliphatic carbocycles. The van der Waals surface area contributed by atoms with E-state index < -0.39 is 6.04 Å². The van der Waals surface area contributed by atoms with Gasteiger partial charge in [-0.1, -0.05) is 18.2 Å². The fourth-order valence-corrected chi connectivity index (χ4v) is 2.58. The van der Waals surface area contributed by atoms with Gasteiger partial charge in [0.15, 0.2) is 0 Å². The van der Waals surface area contributed by atoms with Gasteiger partial charge in [-0.25, -0.2) is 9.78 Å². The Morgan fingerprint density at radius 2 is 2.04 bits per heavy atom. The molecule has 2 amide bonds. The van der Waals surface area contributed by atoms with Crippen LogP contribution in [-0.4, -0.2) is 27.7 Å². The van der Waals surface area contributed by atoms with Gasteiger partial charge in [0.05, 0.1) is 19.0 Å². The standard InChI is InChI=1S/C18H19N5O2/c1-23-11-10-20-17(23)16(14-7-3-4-8-15(14)25-2)22-18(24)21-13-6-5-9-19-12-13/h3-12,16H,1-2H3,(H2,21,22,24)/t16-/m0/s1. The molecule has 0 aliphatic heterocycles. The third-order valence-electron chi connectivity index (χ3n) is 3.76. The first kappa shape index (κ1) is 16.5. The van der Waals surface area contributed by atoms with Crippen molar-refractivity contribution >= 4 is 11.7 Å². The third-order valence-corrected chi connectivity index (χ3v) is 3.76. The number of benzene rings is 1. The minimum Gasteiger partial charge on any atom is -0.496 e. The summed E-state index contributed by atoms with van der Waals surface area (Å²) in [5.41, 5.74) is 1.43. The maximum Gasteiger partial charge on any atom is 0.320 e. The smallest absolute Gasteiger partial charge is 0.320 e. The minimum absolute atomic E-state index is 0.355. The Bertz CT molecular complexity index is 847. The van der Waals surface area contributed by atoms with Crippen molar-refractivity contribution in [3.8, 4) is 5.75 Å². The lowest BCUT2D eigenvalue weighted by Gasteiger charge is -2.21. The largest absolute Gasteiger partial charge is 0.496 e. The van der Waals surface area contributed by atoms with E-state index >= 15 is 0 Å². The maximum atomic E-state index is 12.5. The third kappa shape index (κ3) is 3.77. The molecule has 7 heteroatoms. The lowest BCUT2D eigenvalue weighted by atomic mass is 10.0. The van der Waals surface area contributed by atoms with E-state index in [1.807, 2.05) is 42.1 Å². The number of nitrogens with one attached hydrogen (secondary N) is 2. The van der Waals surface area contributed by atoms with Gasteiger partial charge in [-0.05, 0) is 18.2 Å². The molecule has 3 rings (SSSR count). The molecular weight excluding hydrogens is 318 g/mol. The molecule has 0 fully saturated rings. The van der Waals surface area contributed by atoms with Gasteiger partial charge in [0.25, 0.3) is 0 Å². The van der Waals surface area contributed by atoms with Gasteiger partial charge in [0.1, 0.15) is 17.6 Å². The van der Waals surface area contributed by atoms with E-state index in [0.29, 0.717) is 17.3 Å². The van der Waals surface area contributed by atoms with Crippen LogP contribution in [0.15, 0.2) is 61.2 Å². The van der Waals surface area contributed by atoms with Crippen molar-refractivity contribution in [2.24, 2.45) is 7.05 Å². The summed E-state index contributed by atoms with van der Waals surface area (Å²) < 4.78 is 7.31. The maximum absolute atomic E-state index is 12.5. The molecule has 2 N–H and O–H groups in total. The molecule has 0 aliphatic rings. The number of ether oxygens (including phenoxy) is 1. The molecule has 128 valence electrons. The number of carbonyl (C=O) groups excluding carboxylic acids is 1. The molecule has 0 saturated carbocycles. The number of carbonyl (C=O) groups is 1. The summed E-state index contributed by atoms with van der Waals surface area (Å²) in [6.45, 7) is 0. The number of aromatic nitrogens is 3. The van der Waals surface area contributed by atoms with E-state index in [2.05, 4.69) is 20.6 Å². The zero-order chi connectivity index (χ0) is 17.6. The van der Waals surface area contributed by atoms with Crippen LogP contribution in [0.5, 0.6) is 5.75 Å². The van der Waals surface area contributed by atoms with Gasteiger partial charge in [-0.3, -0.25) is 4.98 Å². The average Bonchev–Trinajstić information content (AvgIpc) is 3.06. The van der Waals surface area contributed by atoms with Crippen molar-refractivity contribution in [1.29, 1.82) is 0 Å². The van der Waals surface area contributed by atoms with Crippen LogP contribution in [-0.2, 0) is 7.05 Å². The summed E-state index contributed by atoms with van der Waals surface area (Å²) in [5, 5.41) is 5.73. The van der Waals surface area contributed by atoms with Crippen LogP contribution in [0.4, 0.5) is 10.5 Å². The predicted molar refractivity (Wildman–Crippen MR) is 94.4 cm³/mol. The second-order valence-corrected chi connectivity index (χ2v) is 5.41. The molecule has 1 aromatic carbocycles. The number of aryl methyl sites for hydroxylation is 1. The Hall–Kier alpha value is -3.35. The Labute approximate surface area is 145 Å². The zero-order valence-electron chi connectivity index (χ0n) is 14.0. The van der Waals surface area contributed by atoms with Gasteiger partial charge in [0, 0.05) is 31.2 Å². The quantitative estimate of drug-likeness (QED) is 0.750. The minimum atomic E-state index is -0.465. The Kier molecular flexibility index (Phi) is 4.94. The van der Waals surface area contributed by atoms with E-state index in [1.54, 1.807) is 37.8 Å². The Balaban J connectivity index is 1.90. The summed E-state index contributed by atoms with van der Waals surface area (Å²) in [7, 11) is 3.48. The van der Waals surface area contributed by atoms with Gasteiger partial charge in [-0.2, -0.15) is 0 Å². The number of anilines is 1. The molecule has 2 heterocycles. The number of imidazole rings is 1. The van der Waals surface area contributed by atoms with Gasteiger partial charge in [0.2, 0.25) is 0 Å². The van der Waals surface area contributed by atoms with Crippen molar-refractivity contribution in [2.45, 2.75) is 6.04 Å². The van der Waals surface area contributed by atoms with Gasteiger partial charge >= 0.3 is 6.03 Å². The number of methoxy groups -OCH3 is 1. The normalized spacial score (nSPS) is 11.6. The molecule has 0 saturated heterocycles. The number of amides is 2. The number of hydrogen-bond donors (Lipinski definition) is 2. The highest BCUT2D eigenvalue weighted by molar-refractivity contribution is 5.89. The molecule has 1 atom stereocenters. The van der Waals surface area contributed by atoms with Crippen LogP contribution in [0, 0.1) is 0 Å². The van der Waals surface area contributed by atoms with Crippen LogP contribution >= 0.6 is 0 Å². The molecule has 7 nitrogen and oxygen atoms in total. The highest BCUT2D eigenvalue weighted by Gasteiger charge is 2.23. The van der Waals surface area contributed by atoms with E-state index in [0.717, 1.165) is 5.56 Å². The molecule has 0 bridgehead atoms. The fraction of sp³-hybridized carbons (Fsp3) is 0.167. The number of rotatable bonds is 5. The van der Waals surface area contributed by atoms with Crippen molar-refractivity contribution in [3.63, 3.8) is 0 Å². The molecule has 2 aromatic heterocycles. The SMILES string of the molecule is COc1ccccc1[C@H](NC(=O)Nc1cccnc1)c1nccn1C. The second-order valence-electron chi connectivity index (χ2n) is 5.41. The highest BCUT2D eigenvalue weighted by atomic mass is 16.5. The molecular formula is C18H19N5O2. The first-order valence-electron chi connectivity index (χ1n) is 7.76. The number of nitrogens with zero attached hydrogens (tertiary/aromatic N) is 3. The van der Waals surface area contributed by atoms with Crippen LogP contribution in [0.25, 0.3) is 0 Å². The lowest BCUT2D eigenvalue weighted by Crippen LogP contribution is -2.34. The van der Waals surface area contributed by atoms with Crippen molar-refractivity contribution in [1.82, 2.24) is 19.9 Å².